The molecule has 9 heteroatoms. The number of carboxylic acids is 1. The Hall–Kier alpha value is -1.71. The van der Waals surface area contributed by atoms with E-state index in [1.165, 1.54) is 6.07 Å². The van der Waals surface area contributed by atoms with E-state index in [0.717, 1.165) is 31.8 Å². The second-order valence-corrected chi connectivity index (χ2v) is 11.2. The highest BCUT2D eigenvalue weighted by atomic mass is 79.9. The maximum Gasteiger partial charge on any atom is 0.325 e. The van der Waals surface area contributed by atoms with Gasteiger partial charge in [0.2, 0.25) is 0 Å². The van der Waals surface area contributed by atoms with E-state index in [4.69, 9.17) is 11.6 Å². The average molecular weight is 513 g/mol. The van der Waals surface area contributed by atoms with Gasteiger partial charge < -0.3 is 5.11 Å². The smallest absolute Gasteiger partial charge is 0.325 e. The first kappa shape index (κ1) is 20.6. The Morgan fingerprint density at radius 1 is 1.17 bits per heavy atom. The van der Waals surface area contributed by atoms with Crippen LogP contribution in [0.1, 0.15) is 17.9 Å². The predicted molar refractivity (Wildman–Crippen MR) is 117 cm³/mol. The molecule has 0 bridgehead atoms. The van der Waals surface area contributed by atoms with Crippen molar-refractivity contribution in [3.05, 3.63) is 75.7 Å². The van der Waals surface area contributed by atoms with E-state index in [1.807, 2.05) is 12.1 Å². The van der Waals surface area contributed by atoms with Gasteiger partial charge in [-0.2, -0.15) is 4.72 Å². The predicted octanol–water partition coefficient (Wildman–Crippen LogP) is 5.12. The van der Waals surface area contributed by atoms with Crippen LogP contribution in [0.25, 0.3) is 10.4 Å². The third-order valence-corrected chi connectivity index (χ3v) is 8.77. The highest BCUT2D eigenvalue weighted by molar-refractivity contribution is 9.10. The number of halogens is 2. The van der Waals surface area contributed by atoms with Crippen LogP contribution in [0.2, 0.25) is 5.02 Å². The summed E-state index contributed by atoms with van der Waals surface area (Å²) < 4.78 is 29.2. The lowest BCUT2D eigenvalue weighted by molar-refractivity contribution is -0.140. The van der Waals surface area contributed by atoms with Gasteiger partial charge in [0.05, 0.1) is 0 Å². The number of carboxylic acid groups (broad SMARTS) is 1. The molecule has 1 aliphatic carbocycles. The van der Waals surface area contributed by atoms with E-state index < -0.39 is 27.4 Å². The van der Waals surface area contributed by atoms with Gasteiger partial charge in [0.1, 0.15) is 9.75 Å². The van der Waals surface area contributed by atoms with E-state index in [-0.39, 0.29) is 10.6 Å². The molecule has 1 aliphatic rings. The molecular formula is C20H15BrClNO4S2. The molecule has 29 heavy (non-hydrogen) atoms. The van der Waals surface area contributed by atoms with Gasteiger partial charge in [0.25, 0.3) is 10.0 Å². The summed E-state index contributed by atoms with van der Waals surface area (Å²) in [7, 11) is -4.00. The Balaban J connectivity index is 1.61. The van der Waals surface area contributed by atoms with Gasteiger partial charge in [0.15, 0.2) is 0 Å². The summed E-state index contributed by atoms with van der Waals surface area (Å²) in [5.41, 5.74) is 0.0779. The fourth-order valence-corrected chi connectivity index (χ4v) is 6.56. The molecule has 150 valence electrons. The monoisotopic (exact) mass is 511 g/mol. The summed E-state index contributed by atoms with van der Waals surface area (Å²) in [4.78, 5) is 12.7. The van der Waals surface area contributed by atoms with Crippen LogP contribution in [-0.4, -0.2) is 25.0 Å². The second-order valence-electron chi connectivity index (χ2n) is 6.82. The first-order chi connectivity index (χ1) is 13.7. The van der Waals surface area contributed by atoms with Gasteiger partial charge in [0, 0.05) is 20.3 Å². The Morgan fingerprint density at radius 2 is 1.90 bits per heavy atom. The molecule has 1 saturated carbocycles. The zero-order valence-corrected chi connectivity index (χ0v) is 18.8. The summed E-state index contributed by atoms with van der Waals surface area (Å²) >= 11 is 10.4. The maximum absolute atomic E-state index is 12.9. The quantitative estimate of drug-likeness (QED) is 0.480. The minimum absolute atomic E-state index is 0.0722. The lowest BCUT2D eigenvalue weighted by Crippen LogP contribution is -2.44. The molecule has 0 radical (unpaired) electrons. The number of carbonyl (C=O) groups is 1. The average Bonchev–Trinajstić information content (AvgIpc) is 3.16. The maximum atomic E-state index is 12.9. The molecular weight excluding hydrogens is 498 g/mol. The molecule has 0 unspecified atom stereocenters. The molecule has 1 fully saturated rings. The van der Waals surface area contributed by atoms with E-state index >= 15 is 0 Å². The molecule has 4 rings (SSSR count). The van der Waals surface area contributed by atoms with E-state index in [9.17, 15) is 18.3 Å². The van der Waals surface area contributed by atoms with Crippen molar-refractivity contribution >= 4 is 54.9 Å². The van der Waals surface area contributed by atoms with Crippen LogP contribution in [-0.2, 0) is 14.8 Å². The molecule has 0 amide bonds. The third-order valence-electron chi connectivity index (χ3n) is 4.88. The number of thiophene rings is 1. The number of rotatable bonds is 6. The lowest BCUT2D eigenvalue weighted by Gasteiger charge is -2.15. The SMILES string of the molecule is O=C(O)[C@]1(NS(=O)(=O)c2ccc(-c3ccc(Cl)cc3)s2)C[C@H]1c1cccc(Br)c1. The van der Waals surface area contributed by atoms with Gasteiger partial charge in [-0.15, -0.1) is 11.3 Å². The molecule has 2 N–H and O–H groups in total. The summed E-state index contributed by atoms with van der Waals surface area (Å²) in [6.45, 7) is 0. The Bertz CT molecular complexity index is 1190. The van der Waals surface area contributed by atoms with Crippen molar-refractivity contribution in [3.8, 4) is 10.4 Å². The normalized spacial score (nSPS) is 21.1. The highest BCUT2D eigenvalue weighted by Crippen LogP contribution is 2.53. The molecule has 1 heterocycles. The summed E-state index contributed by atoms with van der Waals surface area (Å²) in [6.07, 6.45) is 0.202. The minimum atomic E-state index is -4.00. The van der Waals surface area contributed by atoms with Crippen LogP contribution in [0.15, 0.2) is 69.3 Å². The molecule has 5 nitrogen and oxygen atoms in total. The second kappa shape index (κ2) is 7.52. The number of nitrogens with one attached hydrogen (secondary N) is 1. The third kappa shape index (κ3) is 4.00. The number of hydrogen-bond donors (Lipinski definition) is 2. The van der Waals surface area contributed by atoms with E-state index in [1.54, 1.807) is 42.5 Å². The fraction of sp³-hybridized carbons (Fsp3) is 0.150. The van der Waals surface area contributed by atoms with Crippen LogP contribution >= 0.6 is 38.9 Å². The Kier molecular flexibility index (Phi) is 5.33. The topological polar surface area (TPSA) is 83.5 Å². The number of aliphatic carboxylic acids is 1. The molecule has 0 saturated heterocycles. The molecule has 0 spiro atoms. The van der Waals surface area contributed by atoms with Crippen molar-refractivity contribution < 1.29 is 18.3 Å². The molecule has 3 aromatic rings. The first-order valence-corrected chi connectivity index (χ1v) is 12.1. The number of sulfonamides is 1. The van der Waals surface area contributed by atoms with E-state index in [0.29, 0.717) is 5.02 Å². The van der Waals surface area contributed by atoms with Gasteiger partial charge in [-0.25, -0.2) is 8.42 Å². The van der Waals surface area contributed by atoms with Crippen molar-refractivity contribution in [2.75, 3.05) is 0 Å². The van der Waals surface area contributed by atoms with Gasteiger partial charge >= 0.3 is 5.97 Å². The van der Waals surface area contributed by atoms with Crippen LogP contribution in [0.5, 0.6) is 0 Å². The zero-order chi connectivity index (χ0) is 20.8. The van der Waals surface area contributed by atoms with Gasteiger partial charge in [-0.05, 0) is 53.9 Å². The minimum Gasteiger partial charge on any atom is -0.480 e. The number of benzene rings is 2. The zero-order valence-electron chi connectivity index (χ0n) is 14.8. The Morgan fingerprint density at radius 3 is 2.55 bits per heavy atom. The lowest BCUT2D eigenvalue weighted by atomic mass is 10.1. The van der Waals surface area contributed by atoms with Gasteiger partial charge in [-0.1, -0.05) is 51.8 Å². The van der Waals surface area contributed by atoms with Crippen molar-refractivity contribution in [1.82, 2.24) is 4.72 Å². The summed E-state index contributed by atoms with van der Waals surface area (Å²) in [5.74, 6) is -1.61. The standard InChI is InChI=1S/C20H15BrClNO4S2/c21-14-3-1-2-13(10-14)16-11-20(16,19(24)25)23-29(26,27)18-9-8-17(28-18)12-4-6-15(22)7-5-12/h1-10,16,23H,11H2,(H,24,25)/t16-,20-/m0/s1. The Labute approximate surface area is 185 Å². The fourth-order valence-electron chi connectivity index (χ4n) is 3.31. The first-order valence-electron chi connectivity index (χ1n) is 8.60. The molecule has 2 aromatic carbocycles. The summed E-state index contributed by atoms with van der Waals surface area (Å²) in [5, 5.41) is 10.4. The van der Waals surface area contributed by atoms with Crippen molar-refractivity contribution in [2.24, 2.45) is 0 Å². The number of hydrogen-bond acceptors (Lipinski definition) is 4. The molecule has 1 aromatic heterocycles. The van der Waals surface area contributed by atoms with Crippen LogP contribution in [0.4, 0.5) is 0 Å². The highest BCUT2D eigenvalue weighted by Gasteiger charge is 2.63. The van der Waals surface area contributed by atoms with Crippen molar-refractivity contribution in [2.45, 2.75) is 22.1 Å². The van der Waals surface area contributed by atoms with Crippen molar-refractivity contribution in [1.29, 1.82) is 0 Å². The summed E-state index contributed by atoms with van der Waals surface area (Å²) in [6, 6.07) is 17.5. The van der Waals surface area contributed by atoms with Crippen LogP contribution < -0.4 is 4.72 Å². The van der Waals surface area contributed by atoms with E-state index in [2.05, 4.69) is 20.7 Å². The van der Waals surface area contributed by atoms with Crippen LogP contribution in [0, 0.1) is 0 Å². The largest absolute Gasteiger partial charge is 0.480 e. The molecule has 2 atom stereocenters. The van der Waals surface area contributed by atoms with Crippen molar-refractivity contribution in [3.63, 3.8) is 0 Å². The molecule has 0 aliphatic heterocycles. The van der Waals surface area contributed by atoms with Gasteiger partial charge in [-0.3, -0.25) is 4.79 Å². The van der Waals surface area contributed by atoms with Crippen LogP contribution in [0.3, 0.4) is 0 Å².